The Hall–Kier alpha value is -2.16. The van der Waals surface area contributed by atoms with Crippen molar-refractivity contribution < 1.29 is 38.1 Å². The molecule has 0 aliphatic heterocycles. The van der Waals surface area contributed by atoms with Crippen LogP contribution in [0.25, 0.3) is 0 Å². The van der Waals surface area contributed by atoms with E-state index in [1.807, 2.05) is 0 Å². The molecule has 0 aromatic heterocycles. The van der Waals surface area contributed by atoms with Crippen LogP contribution >= 0.6 is 0 Å². The molecule has 1 N–H and O–H groups in total. The molecule has 126 valence electrons. The summed E-state index contributed by atoms with van der Waals surface area (Å²) in [4.78, 5) is 46.7. The first-order valence-electron chi connectivity index (χ1n) is 6.50. The van der Waals surface area contributed by atoms with E-state index in [4.69, 9.17) is 4.74 Å². The molecule has 22 heavy (non-hydrogen) atoms. The zero-order valence-electron chi connectivity index (χ0n) is 13.0. The molecule has 9 heteroatoms. The molecule has 0 aromatic carbocycles. The lowest BCUT2D eigenvalue weighted by molar-refractivity contribution is -0.159. The number of hydrogen-bond donors (Lipinski definition) is 1. The van der Waals surface area contributed by atoms with Crippen LogP contribution in [0, 0.1) is 5.92 Å². The van der Waals surface area contributed by atoms with Crippen LogP contribution in [0.1, 0.15) is 13.3 Å². The molecule has 0 spiro atoms. The topological polar surface area (TPSA) is 117 Å². The first-order valence-corrected chi connectivity index (χ1v) is 6.50. The van der Waals surface area contributed by atoms with Crippen molar-refractivity contribution in [3.05, 3.63) is 0 Å². The minimum absolute atomic E-state index is 0.296. The fourth-order valence-electron chi connectivity index (χ4n) is 1.61. The normalized spacial score (nSPS) is 12.7. The van der Waals surface area contributed by atoms with Gasteiger partial charge >= 0.3 is 17.9 Å². The molecule has 0 rings (SSSR count). The standard InChI is InChI=1S/C13H21NO8/c1-5-22-7-9(15)14-11(13(18)21-4)8(12(17)20-3)6-10(16)19-2/h8,11H,5-7H2,1-4H3,(H,14,15)/t8-,11+/m0/s1. The number of carbonyl (C=O) groups is 4. The van der Waals surface area contributed by atoms with Crippen molar-refractivity contribution in [3.8, 4) is 0 Å². The summed E-state index contributed by atoms with van der Waals surface area (Å²) in [5.74, 6) is -4.36. The minimum atomic E-state index is -1.38. The van der Waals surface area contributed by atoms with Gasteiger partial charge in [0.05, 0.1) is 33.7 Å². The Morgan fingerprint density at radius 1 is 0.955 bits per heavy atom. The smallest absolute Gasteiger partial charge is 0.329 e. The second kappa shape index (κ2) is 10.6. The number of esters is 3. The predicted molar refractivity (Wildman–Crippen MR) is 72.6 cm³/mol. The van der Waals surface area contributed by atoms with Crippen molar-refractivity contribution >= 4 is 23.8 Å². The van der Waals surface area contributed by atoms with Gasteiger partial charge in [-0.3, -0.25) is 14.4 Å². The SMILES string of the molecule is CCOCC(=O)N[C@@H](C(=O)OC)[C@H](CC(=O)OC)C(=O)OC. The molecular weight excluding hydrogens is 298 g/mol. The van der Waals surface area contributed by atoms with Crippen molar-refractivity contribution in [3.63, 3.8) is 0 Å². The summed E-state index contributed by atoms with van der Waals surface area (Å²) in [5.41, 5.74) is 0. The van der Waals surface area contributed by atoms with E-state index < -0.39 is 42.2 Å². The number of nitrogens with one attached hydrogen (secondary N) is 1. The second-order valence-corrected chi connectivity index (χ2v) is 4.12. The highest BCUT2D eigenvalue weighted by Crippen LogP contribution is 2.14. The molecule has 0 aliphatic rings. The van der Waals surface area contributed by atoms with Gasteiger partial charge in [-0.2, -0.15) is 0 Å². The lowest BCUT2D eigenvalue weighted by Gasteiger charge is -2.23. The highest BCUT2D eigenvalue weighted by molar-refractivity contribution is 5.91. The molecule has 0 saturated heterocycles. The molecule has 0 fully saturated rings. The quantitative estimate of drug-likeness (QED) is 0.426. The molecule has 0 unspecified atom stereocenters. The van der Waals surface area contributed by atoms with Gasteiger partial charge in [-0.25, -0.2) is 4.79 Å². The van der Waals surface area contributed by atoms with E-state index in [-0.39, 0.29) is 6.61 Å². The van der Waals surface area contributed by atoms with Gasteiger partial charge in [-0.05, 0) is 6.92 Å². The van der Waals surface area contributed by atoms with Crippen LogP contribution in [0.5, 0.6) is 0 Å². The lowest BCUT2D eigenvalue weighted by atomic mass is 9.96. The van der Waals surface area contributed by atoms with E-state index >= 15 is 0 Å². The van der Waals surface area contributed by atoms with Gasteiger partial charge in [0.15, 0.2) is 0 Å². The van der Waals surface area contributed by atoms with Crippen LogP contribution in [-0.2, 0) is 38.1 Å². The summed E-state index contributed by atoms with van der Waals surface area (Å²) in [5, 5.41) is 2.30. The summed E-state index contributed by atoms with van der Waals surface area (Å²) < 4.78 is 18.5. The van der Waals surface area contributed by atoms with E-state index in [1.54, 1.807) is 6.92 Å². The monoisotopic (exact) mass is 319 g/mol. The molecule has 0 saturated carbocycles. The average molecular weight is 319 g/mol. The third-order valence-electron chi connectivity index (χ3n) is 2.73. The molecule has 0 heterocycles. The van der Waals surface area contributed by atoms with Crippen molar-refractivity contribution in [1.82, 2.24) is 5.32 Å². The third-order valence-corrected chi connectivity index (χ3v) is 2.73. The maximum Gasteiger partial charge on any atom is 0.329 e. The van der Waals surface area contributed by atoms with Crippen LogP contribution < -0.4 is 5.32 Å². The summed E-state index contributed by atoms with van der Waals surface area (Å²) in [6.45, 7) is 1.70. The van der Waals surface area contributed by atoms with Gasteiger partial charge in [0, 0.05) is 6.61 Å². The Balaban J connectivity index is 5.20. The molecule has 9 nitrogen and oxygen atoms in total. The number of hydrogen-bond acceptors (Lipinski definition) is 8. The van der Waals surface area contributed by atoms with Gasteiger partial charge in [0.25, 0.3) is 0 Å². The molecule has 0 aliphatic carbocycles. The summed E-state index contributed by atoms with van der Waals surface area (Å²) in [6.07, 6.45) is -0.447. The van der Waals surface area contributed by atoms with Gasteiger partial charge in [-0.1, -0.05) is 0 Å². The first kappa shape index (κ1) is 19.8. The number of rotatable bonds is 9. The van der Waals surface area contributed by atoms with E-state index in [2.05, 4.69) is 19.5 Å². The minimum Gasteiger partial charge on any atom is -0.469 e. The molecule has 2 atom stereocenters. The number of amides is 1. The van der Waals surface area contributed by atoms with Crippen LogP contribution in [-0.4, -0.2) is 64.4 Å². The second-order valence-electron chi connectivity index (χ2n) is 4.12. The summed E-state index contributed by atoms with van der Waals surface area (Å²) in [7, 11) is 3.33. The van der Waals surface area contributed by atoms with Gasteiger partial charge in [0.2, 0.25) is 5.91 Å². The Kier molecular flexibility index (Phi) is 9.51. The maximum atomic E-state index is 11.8. The van der Waals surface area contributed by atoms with Crippen molar-refractivity contribution in [2.45, 2.75) is 19.4 Å². The number of carbonyl (C=O) groups excluding carboxylic acids is 4. The first-order chi connectivity index (χ1) is 10.4. The highest BCUT2D eigenvalue weighted by Gasteiger charge is 2.38. The summed E-state index contributed by atoms with van der Waals surface area (Å²) >= 11 is 0. The average Bonchev–Trinajstić information content (AvgIpc) is 2.54. The third kappa shape index (κ3) is 6.53. The van der Waals surface area contributed by atoms with Gasteiger partial charge < -0.3 is 24.3 Å². The van der Waals surface area contributed by atoms with E-state index in [0.717, 1.165) is 21.3 Å². The highest BCUT2D eigenvalue weighted by atomic mass is 16.5. The molecular formula is C13H21NO8. The maximum absolute atomic E-state index is 11.8. The number of ether oxygens (including phenoxy) is 4. The van der Waals surface area contributed by atoms with Crippen LogP contribution in [0.3, 0.4) is 0 Å². The predicted octanol–water partition coefficient (Wildman–Crippen LogP) is -0.967. The zero-order chi connectivity index (χ0) is 17.1. The van der Waals surface area contributed by atoms with Crippen LogP contribution in [0.2, 0.25) is 0 Å². The van der Waals surface area contributed by atoms with Crippen molar-refractivity contribution in [1.29, 1.82) is 0 Å². The van der Waals surface area contributed by atoms with Crippen LogP contribution in [0.15, 0.2) is 0 Å². The largest absolute Gasteiger partial charge is 0.469 e. The molecule has 0 bridgehead atoms. The fourth-order valence-corrected chi connectivity index (χ4v) is 1.61. The van der Waals surface area contributed by atoms with Gasteiger partial charge in [-0.15, -0.1) is 0 Å². The molecule has 1 amide bonds. The van der Waals surface area contributed by atoms with Crippen molar-refractivity contribution in [2.24, 2.45) is 5.92 Å². The lowest BCUT2D eigenvalue weighted by Crippen LogP contribution is -2.51. The van der Waals surface area contributed by atoms with Crippen LogP contribution in [0.4, 0.5) is 0 Å². The van der Waals surface area contributed by atoms with Crippen molar-refractivity contribution in [2.75, 3.05) is 34.5 Å². The Bertz CT molecular complexity index is 409. The van der Waals surface area contributed by atoms with E-state index in [1.165, 1.54) is 0 Å². The molecule has 0 radical (unpaired) electrons. The fraction of sp³-hybridized carbons (Fsp3) is 0.692. The Labute approximate surface area is 128 Å². The van der Waals surface area contributed by atoms with Gasteiger partial charge in [0.1, 0.15) is 12.6 Å². The molecule has 0 aromatic rings. The summed E-state index contributed by atoms with van der Waals surface area (Å²) in [6, 6.07) is -1.38. The Morgan fingerprint density at radius 2 is 1.55 bits per heavy atom. The Morgan fingerprint density at radius 3 is 2.00 bits per heavy atom. The van der Waals surface area contributed by atoms with E-state index in [9.17, 15) is 19.2 Å². The van der Waals surface area contributed by atoms with E-state index in [0.29, 0.717) is 6.61 Å². The number of methoxy groups -OCH3 is 3. The zero-order valence-corrected chi connectivity index (χ0v) is 13.0.